The molecule has 1 saturated carbocycles. The van der Waals surface area contributed by atoms with Gasteiger partial charge in [0, 0.05) is 18.2 Å². The van der Waals surface area contributed by atoms with Crippen LogP contribution in [0.1, 0.15) is 41.0 Å². The van der Waals surface area contributed by atoms with Gasteiger partial charge in [-0.05, 0) is 17.3 Å². The van der Waals surface area contributed by atoms with Crippen LogP contribution in [0.4, 0.5) is 0 Å². The Bertz CT molecular complexity index is 315. The number of hydrogen-bond donors (Lipinski definition) is 1. The highest BCUT2D eigenvalue weighted by molar-refractivity contribution is 5.88. The maximum absolute atomic E-state index is 11.4. The van der Waals surface area contributed by atoms with Gasteiger partial charge < -0.3 is 10.1 Å². The van der Waals surface area contributed by atoms with Crippen molar-refractivity contribution in [3.05, 3.63) is 11.6 Å². The third kappa shape index (κ3) is 2.54. The van der Waals surface area contributed by atoms with Gasteiger partial charge in [-0.2, -0.15) is 0 Å². The van der Waals surface area contributed by atoms with Crippen LogP contribution in [0.15, 0.2) is 11.6 Å². The van der Waals surface area contributed by atoms with E-state index in [0.29, 0.717) is 23.3 Å². The van der Waals surface area contributed by atoms with E-state index in [9.17, 15) is 4.79 Å². The van der Waals surface area contributed by atoms with E-state index in [1.165, 1.54) is 7.11 Å². The summed E-state index contributed by atoms with van der Waals surface area (Å²) < 4.78 is 4.72. The van der Waals surface area contributed by atoms with Gasteiger partial charge in [-0.25, -0.2) is 4.79 Å². The third-order valence-corrected chi connectivity index (χ3v) is 4.52. The lowest BCUT2D eigenvalue weighted by Gasteiger charge is -2.05. The van der Waals surface area contributed by atoms with Crippen LogP contribution in [0, 0.1) is 10.8 Å². The molecule has 1 N–H and O–H groups in total. The highest BCUT2D eigenvalue weighted by Gasteiger charge is 2.64. The number of nitrogens with one attached hydrogen (secondary N) is 1. The van der Waals surface area contributed by atoms with Gasteiger partial charge in [0.05, 0.1) is 7.11 Å². The van der Waals surface area contributed by atoms with Crippen molar-refractivity contribution in [3.63, 3.8) is 0 Å². The Labute approximate surface area is 105 Å². The Morgan fingerprint density at radius 2 is 1.82 bits per heavy atom. The van der Waals surface area contributed by atoms with Crippen molar-refractivity contribution >= 4 is 5.97 Å². The van der Waals surface area contributed by atoms with Gasteiger partial charge in [0.1, 0.15) is 0 Å². The van der Waals surface area contributed by atoms with Crippen LogP contribution in [-0.4, -0.2) is 25.7 Å². The van der Waals surface area contributed by atoms with Gasteiger partial charge >= 0.3 is 5.97 Å². The molecule has 1 aliphatic rings. The number of hydrogen-bond acceptors (Lipinski definition) is 3. The van der Waals surface area contributed by atoms with E-state index in [4.69, 9.17) is 4.74 Å². The zero-order chi connectivity index (χ0) is 13.3. The molecule has 3 nitrogen and oxygen atoms in total. The molecule has 1 aliphatic carbocycles. The Hall–Kier alpha value is -0.830. The van der Waals surface area contributed by atoms with Gasteiger partial charge in [-0.15, -0.1) is 0 Å². The summed E-state index contributed by atoms with van der Waals surface area (Å²) in [5.74, 6) is -0.219. The minimum atomic E-state index is -0.219. The van der Waals surface area contributed by atoms with Crippen molar-refractivity contribution in [2.75, 3.05) is 13.7 Å². The molecule has 0 radical (unpaired) electrons. The van der Waals surface area contributed by atoms with Crippen molar-refractivity contribution in [1.82, 2.24) is 5.32 Å². The van der Waals surface area contributed by atoms with Gasteiger partial charge in [0.2, 0.25) is 0 Å². The van der Waals surface area contributed by atoms with Crippen LogP contribution >= 0.6 is 0 Å². The normalized spacial score (nSPS) is 22.4. The van der Waals surface area contributed by atoms with E-state index in [1.54, 1.807) is 0 Å². The highest BCUT2D eigenvalue weighted by atomic mass is 16.5. The summed E-state index contributed by atoms with van der Waals surface area (Å²) in [4.78, 5) is 11.4. The van der Waals surface area contributed by atoms with E-state index in [0.717, 1.165) is 12.1 Å². The minimum absolute atomic E-state index is 0.219. The second-order valence-electron chi connectivity index (χ2n) is 5.86. The fourth-order valence-corrected chi connectivity index (χ4v) is 2.51. The molecule has 1 fully saturated rings. The number of carbonyl (C=O) groups excluding carboxylic acids is 1. The molecule has 3 heteroatoms. The molecule has 1 rings (SSSR count). The summed E-state index contributed by atoms with van der Waals surface area (Å²) >= 11 is 0. The standard InChI is InChI=1S/C14H25NO2/c1-7-10(11(16)17-6)8-9-15-12-13(2,3)14(12,4)5/h8,12,15H,7,9H2,1-6H3. The van der Waals surface area contributed by atoms with Crippen molar-refractivity contribution in [1.29, 1.82) is 0 Å². The number of methoxy groups -OCH3 is 1. The first-order valence-corrected chi connectivity index (χ1v) is 6.29. The van der Waals surface area contributed by atoms with Crippen LogP contribution < -0.4 is 5.32 Å². The average Bonchev–Trinajstić information content (AvgIpc) is 2.65. The van der Waals surface area contributed by atoms with Gasteiger partial charge in [-0.3, -0.25) is 0 Å². The topological polar surface area (TPSA) is 38.3 Å². The predicted octanol–water partition coefficient (Wildman–Crippen LogP) is 2.52. The molecule has 0 heterocycles. The fourth-order valence-electron chi connectivity index (χ4n) is 2.51. The molecule has 0 unspecified atom stereocenters. The lowest BCUT2D eigenvalue weighted by atomic mass is 10.0. The lowest BCUT2D eigenvalue weighted by Crippen LogP contribution is -2.23. The van der Waals surface area contributed by atoms with Gasteiger partial charge in [0.25, 0.3) is 0 Å². The van der Waals surface area contributed by atoms with Crippen LogP contribution in [0.25, 0.3) is 0 Å². The Balaban J connectivity index is 2.48. The summed E-state index contributed by atoms with van der Waals surface area (Å²) in [6.45, 7) is 11.8. The summed E-state index contributed by atoms with van der Waals surface area (Å²) in [6.07, 6.45) is 2.65. The molecule has 0 aromatic carbocycles. The molecule has 0 aromatic rings. The summed E-state index contributed by atoms with van der Waals surface area (Å²) in [7, 11) is 1.42. The second kappa shape index (κ2) is 4.81. The van der Waals surface area contributed by atoms with Crippen molar-refractivity contribution in [2.45, 2.75) is 47.1 Å². The monoisotopic (exact) mass is 239 g/mol. The quantitative estimate of drug-likeness (QED) is 0.592. The van der Waals surface area contributed by atoms with E-state index in [-0.39, 0.29) is 5.97 Å². The smallest absolute Gasteiger partial charge is 0.333 e. The maximum atomic E-state index is 11.4. The van der Waals surface area contributed by atoms with Crippen LogP contribution in [0.5, 0.6) is 0 Å². The molecular formula is C14H25NO2. The zero-order valence-corrected chi connectivity index (χ0v) is 11.9. The minimum Gasteiger partial charge on any atom is -0.466 e. The molecule has 0 atom stereocenters. The molecule has 17 heavy (non-hydrogen) atoms. The number of esters is 1. The summed E-state index contributed by atoms with van der Waals surface area (Å²) in [5.41, 5.74) is 1.41. The van der Waals surface area contributed by atoms with E-state index >= 15 is 0 Å². The molecule has 98 valence electrons. The average molecular weight is 239 g/mol. The van der Waals surface area contributed by atoms with Crippen molar-refractivity contribution in [3.8, 4) is 0 Å². The number of carbonyl (C=O) groups is 1. The Morgan fingerprint density at radius 1 is 1.29 bits per heavy atom. The molecule has 0 spiro atoms. The molecular weight excluding hydrogens is 214 g/mol. The van der Waals surface area contributed by atoms with Crippen LogP contribution in [-0.2, 0) is 9.53 Å². The van der Waals surface area contributed by atoms with Gasteiger partial charge in [-0.1, -0.05) is 40.7 Å². The Kier molecular flexibility index (Phi) is 4.03. The second-order valence-corrected chi connectivity index (χ2v) is 5.86. The first-order valence-electron chi connectivity index (χ1n) is 6.29. The van der Waals surface area contributed by atoms with E-state index < -0.39 is 0 Å². The van der Waals surface area contributed by atoms with E-state index in [1.807, 2.05) is 13.0 Å². The fraction of sp³-hybridized carbons (Fsp3) is 0.786. The molecule has 0 bridgehead atoms. The molecule has 0 aliphatic heterocycles. The van der Waals surface area contributed by atoms with E-state index in [2.05, 4.69) is 33.0 Å². The van der Waals surface area contributed by atoms with Crippen LogP contribution in [0.3, 0.4) is 0 Å². The zero-order valence-electron chi connectivity index (χ0n) is 11.9. The number of ether oxygens (including phenoxy) is 1. The van der Waals surface area contributed by atoms with Crippen LogP contribution in [0.2, 0.25) is 0 Å². The molecule has 0 aromatic heterocycles. The summed E-state index contributed by atoms with van der Waals surface area (Å²) in [5, 5.41) is 3.50. The Morgan fingerprint density at radius 3 is 2.18 bits per heavy atom. The lowest BCUT2D eigenvalue weighted by molar-refractivity contribution is -0.136. The molecule has 0 saturated heterocycles. The highest BCUT2D eigenvalue weighted by Crippen LogP contribution is 2.62. The molecule has 0 amide bonds. The predicted molar refractivity (Wildman–Crippen MR) is 69.7 cm³/mol. The van der Waals surface area contributed by atoms with Crippen molar-refractivity contribution < 1.29 is 9.53 Å². The maximum Gasteiger partial charge on any atom is 0.333 e. The summed E-state index contributed by atoms with van der Waals surface area (Å²) in [6, 6.07) is 0.516. The SMILES string of the molecule is CCC(=CCNC1C(C)(C)C1(C)C)C(=O)OC. The van der Waals surface area contributed by atoms with Crippen molar-refractivity contribution in [2.24, 2.45) is 10.8 Å². The number of rotatable bonds is 5. The first-order chi connectivity index (χ1) is 7.79. The third-order valence-electron chi connectivity index (χ3n) is 4.52. The first kappa shape index (κ1) is 14.2. The van der Waals surface area contributed by atoms with Gasteiger partial charge in [0.15, 0.2) is 0 Å². The largest absolute Gasteiger partial charge is 0.466 e.